The third-order valence-corrected chi connectivity index (χ3v) is 6.48. The van der Waals surface area contributed by atoms with Crippen molar-refractivity contribution in [1.82, 2.24) is 0 Å². The Morgan fingerprint density at radius 1 is 0.946 bits per heavy atom. The molecule has 1 saturated heterocycles. The number of carbonyl (C=O) groups excluding carboxylic acids is 2. The number of methoxy groups -OCH3 is 1. The highest BCUT2D eigenvalue weighted by Crippen LogP contribution is 2.44. The molecule has 1 atom stereocenters. The van der Waals surface area contributed by atoms with Gasteiger partial charge in [0, 0.05) is 11.3 Å². The van der Waals surface area contributed by atoms with Gasteiger partial charge >= 0.3 is 0 Å². The number of hydrogen-bond acceptors (Lipinski definition) is 5. The third kappa shape index (κ3) is 4.96. The summed E-state index contributed by atoms with van der Waals surface area (Å²) in [4.78, 5) is 28.4. The van der Waals surface area contributed by atoms with Crippen LogP contribution in [0.1, 0.15) is 61.9 Å². The summed E-state index contributed by atoms with van der Waals surface area (Å²) in [5.41, 5.74) is 3.40. The SMILES string of the molecule is COc1cc(C)c(/C(O)=C2\C(=O)C(=O)N(c3ccccc3)C2c2cccc(OC(C)C)c2)cc1C(C)C. The van der Waals surface area contributed by atoms with Crippen LogP contribution >= 0.6 is 0 Å². The molecule has 6 nitrogen and oxygen atoms in total. The highest BCUT2D eigenvalue weighted by molar-refractivity contribution is 6.51. The van der Waals surface area contributed by atoms with E-state index in [9.17, 15) is 14.7 Å². The fourth-order valence-electron chi connectivity index (χ4n) is 4.76. The maximum atomic E-state index is 13.5. The van der Waals surface area contributed by atoms with Crippen LogP contribution < -0.4 is 14.4 Å². The summed E-state index contributed by atoms with van der Waals surface area (Å²) < 4.78 is 11.5. The topological polar surface area (TPSA) is 76.1 Å². The molecule has 6 heteroatoms. The lowest BCUT2D eigenvalue weighted by Gasteiger charge is -2.26. The first kappa shape index (κ1) is 26.0. The van der Waals surface area contributed by atoms with E-state index in [0.717, 1.165) is 11.1 Å². The Balaban J connectivity index is 1.97. The van der Waals surface area contributed by atoms with Crippen LogP contribution in [0.4, 0.5) is 5.69 Å². The molecule has 1 aliphatic heterocycles. The Bertz CT molecular complexity index is 1360. The molecule has 0 aromatic heterocycles. The van der Waals surface area contributed by atoms with Crippen LogP contribution in [0.5, 0.6) is 11.5 Å². The average Bonchev–Trinajstić information content (AvgIpc) is 3.13. The van der Waals surface area contributed by atoms with E-state index in [1.165, 1.54) is 4.90 Å². The van der Waals surface area contributed by atoms with E-state index in [1.807, 2.05) is 89.2 Å². The first-order valence-corrected chi connectivity index (χ1v) is 12.5. The summed E-state index contributed by atoms with van der Waals surface area (Å²) in [6.07, 6.45) is -0.0489. The van der Waals surface area contributed by atoms with Crippen LogP contribution in [0.25, 0.3) is 5.76 Å². The third-order valence-electron chi connectivity index (χ3n) is 6.48. The second kappa shape index (κ2) is 10.5. The Hall–Kier alpha value is -4.06. The zero-order chi connectivity index (χ0) is 26.9. The number of aliphatic hydroxyl groups is 1. The number of amides is 1. The van der Waals surface area contributed by atoms with E-state index in [0.29, 0.717) is 28.3 Å². The van der Waals surface area contributed by atoms with Crippen LogP contribution in [-0.4, -0.2) is 30.0 Å². The van der Waals surface area contributed by atoms with Gasteiger partial charge in [-0.3, -0.25) is 14.5 Å². The summed E-state index contributed by atoms with van der Waals surface area (Å²) in [6, 6.07) is 19.2. The summed E-state index contributed by atoms with van der Waals surface area (Å²) in [5.74, 6) is -0.183. The minimum absolute atomic E-state index is 0.0403. The number of Topliss-reactive ketones (excluding diaryl/α,β-unsaturated/α-hetero) is 1. The number of aryl methyl sites for hydroxylation is 1. The number of anilines is 1. The van der Waals surface area contributed by atoms with Crippen molar-refractivity contribution >= 4 is 23.1 Å². The van der Waals surface area contributed by atoms with Crippen molar-refractivity contribution in [3.63, 3.8) is 0 Å². The van der Waals surface area contributed by atoms with Gasteiger partial charge in [-0.15, -0.1) is 0 Å². The number of carbonyl (C=O) groups is 2. The fourth-order valence-corrected chi connectivity index (χ4v) is 4.76. The molecule has 1 N–H and O–H groups in total. The van der Waals surface area contributed by atoms with Crippen LogP contribution in [0, 0.1) is 6.92 Å². The summed E-state index contributed by atoms with van der Waals surface area (Å²) in [6.45, 7) is 9.78. The molecule has 192 valence electrons. The van der Waals surface area contributed by atoms with Gasteiger partial charge < -0.3 is 14.6 Å². The number of aliphatic hydroxyl groups excluding tert-OH is 1. The van der Waals surface area contributed by atoms with Gasteiger partial charge in [-0.25, -0.2) is 0 Å². The summed E-state index contributed by atoms with van der Waals surface area (Å²) in [5, 5.41) is 11.7. The van der Waals surface area contributed by atoms with Crippen LogP contribution in [-0.2, 0) is 9.59 Å². The van der Waals surface area contributed by atoms with Crippen molar-refractivity contribution in [3.05, 3.63) is 94.6 Å². The molecule has 0 aliphatic carbocycles. The summed E-state index contributed by atoms with van der Waals surface area (Å²) in [7, 11) is 1.61. The minimum Gasteiger partial charge on any atom is -0.507 e. The van der Waals surface area contributed by atoms with Crippen molar-refractivity contribution in [2.45, 2.75) is 52.7 Å². The van der Waals surface area contributed by atoms with Gasteiger partial charge in [0.1, 0.15) is 17.3 Å². The van der Waals surface area contributed by atoms with Gasteiger partial charge in [-0.1, -0.05) is 44.2 Å². The van der Waals surface area contributed by atoms with Crippen LogP contribution in [0.2, 0.25) is 0 Å². The Labute approximate surface area is 218 Å². The van der Waals surface area contributed by atoms with Gasteiger partial charge in [0.2, 0.25) is 0 Å². The normalized spacial score (nSPS) is 17.1. The lowest BCUT2D eigenvalue weighted by molar-refractivity contribution is -0.132. The molecule has 37 heavy (non-hydrogen) atoms. The van der Waals surface area contributed by atoms with Gasteiger partial charge in [0.05, 0.1) is 24.8 Å². The minimum atomic E-state index is -0.831. The number of hydrogen-bond donors (Lipinski definition) is 1. The summed E-state index contributed by atoms with van der Waals surface area (Å²) >= 11 is 0. The van der Waals surface area contributed by atoms with Crippen molar-refractivity contribution in [2.75, 3.05) is 12.0 Å². The molecule has 0 bridgehead atoms. The highest BCUT2D eigenvalue weighted by atomic mass is 16.5. The monoisotopic (exact) mass is 499 g/mol. The molecular weight excluding hydrogens is 466 g/mol. The lowest BCUT2D eigenvalue weighted by Crippen LogP contribution is -2.29. The molecule has 3 aromatic rings. The van der Waals surface area contributed by atoms with Crippen molar-refractivity contribution in [1.29, 1.82) is 0 Å². The van der Waals surface area contributed by atoms with Gasteiger partial charge in [0.25, 0.3) is 11.7 Å². The van der Waals surface area contributed by atoms with E-state index in [2.05, 4.69) is 0 Å². The molecule has 1 fully saturated rings. The van der Waals surface area contributed by atoms with Crippen molar-refractivity contribution < 1.29 is 24.2 Å². The van der Waals surface area contributed by atoms with E-state index < -0.39 is 17.7 Å². The van der Waals surface area contributed by atoms with E-state index in [4.69, 9.17) is 9.47 Å². The molecule has 1 amide bonds. The average molecular weight is 500 g/mol. The number of ether oxygens (including phenoxy) is 2. The van der Waals surface area contributed by atoms with E-state index in [-0.39, 0.29) is 23.4 Å². The zero-order valence-electron chi connectivity index (χ0n) is 22.1. The van der Waals surface area contributed by atoms with Crippen molar-refractivity contribution in [3.8, 4) is 11.5 Å². The zero-order valence-corrected chi connectivity index (χ0v) is 22.1. The van der Waals surface area contributed by atoms with Crippen LogP contribution in [0.15, 0.2) is 72.3 Å². The Kier molecular flexibility index (Phi) is 7.39. The molecule has 1 heterocycles. The van der Waals surface area contributed by atoms with Gasteiger partial charge in [-0.2, -0.15) is 0 Å². The fraction of sp³-hybridized carbons (Fsp3) is 0.290. The predicted octanol–water partition coefficient (Wildman–Crippen LogP) is 6.54. The molecule has 0 saturated carbocycles. The predicted molar refractivity (Wildman–Crippen MR) is 145 cm³/mol. The van der Waals surface area contributed by atoms with E-state index >= 15 is 0 Å². The molecular formula is C31H33NO5. The number of para-hydroxylation sites is 1. The molecule has 1 unspecified atom stereocenters. The second-order valence-corrected chi connectivity index (χ2v) is 9.81. The van der Waals surface area contributed by atoms with Crippen LogP contribution in [0.3, 0.4) is 0 Å². The lowest BCUT2D eigenvalue weighted by atomic mass is 9.91. The Morgan fingerprint density at radius 3 is 2.27 bits per heavy atom. The largest absolute Gasteiger partial charge is 0.507 e. The maximum absolute atomic E-state index is 13.5. The Morgan fingerprint density at radius 2 is 1.65 bits per heavy atom. The van der Waals surface area contributed by atoms with E-state index in [1.54, 1.807) is 19.2 Å². The molecule has 4 rings (SSSR count). The quantitative estimate of drug-likeness (QED) is 0.227. The number of ketones is 1. The first-order valence-electron chi connectivity index (χ1n) is 12.5. The standard InChI is InChI=1S/C31H33NO5/c1-18(2)24-17-25(20(5)15-26(24)36-6)29(33)27-28(21-11-10-14-23(16-21)37-19(3)4)32(31(35)30(27)34)22-12-8-7-9-13-22/h7-19,28,33H,1-6H3/b29-27+. The maximum Gasteiger partial charge on any atom is 0.300 e. The molecule has 3 aromatic carbocycles. The molecule has 0 spiro atoms. The van der Waals surface area contributed by atoms with Gasteiger partial charge in [0.15, 0.2) is 0 Å². The number of nitrogens with zero attached hydrogens (tertiary/aromatic N) is 1. The highest BCUT2D eigenvalue weighted by Gasteiger charge is 2.47. The van der Waals surface area contributed by atoms with Crippen molar-refractivity contribution in [2.24, 2.45) is 0 Å². The van der Waals surface area contributed by atoms with Gasteiger partial charge in [-0.05, 0) is 79.8 Å². The first-order chi connectivity index (χ1) is 17.6. The second-order valence-electron chi connectivity index (χ2n) is 9.81. The number of rotatable bonds is 7. The number of benzene rings is 3. The molecule has 1 aliphatic rings. The molecule has 0 radical (unpaired) electrons. The smallest absolute Gasteiger partial charge is 0.300 e.